The van der Waals surface area contributed by atoms with Crippen LogP contribution in [-0.2, 0) is 4.79 Å². The van der Waals surface area contributed by atoms with Crippen molar-refractivity contribution in [3.05, 3.63) is 48.7 Å². The number of hydrogen-bond acceptors (Lipinski definition) is 4. The molecule has 1 aromatic carbocycles. The summed E-state index contributed by atoms with van der Waals surface area (Å²) in [5.41, 5.74) is 6.18. The summed E-state index contributed by atoms with van der Waals surface area (Å²) >= 11 is 0. The zero-order valence-corrected chi connectivity index (χ0v) is 13.0. The summed E-state index contributed by atoms with van der Waals surface area (Å²) in [4.78, 5) is 16.6. The average molecular weight is 311 g/mol. The molecule has 0 spiro atoms. The Morgan fingerprint density at radius 1 is 1.13 bits per heavy atom. The number of nitrogens with one attached hydrogen (secondary N) is 1. The number of benzene rings is 1. The van der Waals surface area contributed by atoms with E-state index in [0.29, 0.717) is 17.3 Å². The fraction of sp³-hybridized carbons (Fsp3) is 0.333. The molecular weight excluding hydrogens is 290 g/mol. The molecule has 5 nitrogen and oxygen atoms in total. The molecule has 0 bridgehead atoms. The Bertz CT molecular complexity index is 667. The minimum absolute atomic E-state index is 0.118. The van der Waals surface area contributed by atoms with Crippen LogP contribution in [0.2, 0.25) is 0 Å². The summed E-state index contributed by atoms with van der Waals surface area (Å²) < 4.78 is 5.68. The van der Waals surface area contributed by atoms with Crippen LogP contribution >= 0.6 is 0 Å². The standard InChI is InChI=1S/C18H21N3O2/c19-18(10-3-1-4-11-18)17(22)21-14-7-6-8-15(13-14)23-16-9-2-5-12-20-16/h2,5-9,12-13H,1,3-4,10-11,19H2,(H,21,22). The first-order valence-corrected chi connectivity index (χ1v) is 7.95. The lowest BCUT2D eigenvalue weighted by molar-refractivity contribution is -0.122. The van der Waals surface area contributed by atoms with Crippen LogP contribution in [0.15, 0.2) is 48.7 Å². The first-order valence-electron chi connectivity index (χ1n) is 7.95. The highest BCUT2D eigenvalue weighted by atomic mass is 16.5. The van der Waals surface area contributed by atoms with E-state index in [1.807, 2.05) is 30.3 Å². The van der Waals surface area contributed by atoms with E-state index in [9.17, 15) is 4.79 Å². The van der Waals surface area contributed by atoms with Crippen molar-refractivity contribution in [3.63, 3.8) is 0 Å². The third-order valence-electron chi connectivity index (χ3n) is 4.15. The van der Waals surface area contributed by atoms with E-state index in [2.05, 4.69) is 10.3 Å². The van der Waals surface area contributed by atoms with Crippen molar-refractivity contribution in [2.24, 2.45) is 5.73 Å². The van der Waals surface area contributed by atoms with Crippen LogP contribution in [0.1, 0.15) is 32.1 Å². The maximum absolute atomic E-state index is 12.5. The number of anilines is 1. The molecule has 0 unspecified atom stereocenters. The molecule has 23 heavy (non-hydrogen) atoms. The van der Waals surface area contributed by atoms with E-state index in [1.54, 1.807) is 18.3 Å². The van der Waals surface area contributed by atoms with Gasteiger partial charge in [0.05, 0.1) is 5.54 Å². The molecule has 1 heterocycles. The number of rotatable bonds is 4. The molecule has 1 aromatic heterocycles. The predicted molar refractivity (Wildman–Crippen MR) is 89.4 cm³/mol. The minimum atomic E-state index is -0.754. The van der Waals surface area contributed by atoms with Gasteiger partial charge in [-0.3, -0.25) is 4.79 Å². The molecule has 5 heteroatoms. The summed E-state index contributed by atoms with van der Waals surface area (Å²) in [5, 5.41) is 2.91. The van der Waals surface area contributed by atoms with Gasteiger partial charge >= 0.3 is 0 Å². The highest BCUT2D eigenvalue weighted by Gasteiger charge is 2.35. The lowest BCUT2D eigenvalue weighted by Gasteiger charge is -2.31. The van der Waals surface area contributed by atoms with Crippen LogP contribution in [0, 0.1) is 0 Å². The summed E-state index contributed by atoms with van der Waals surface area (Å²) in [5.74, 6) is 1.02. The van der Waals surface area contributed by atoms with Gasteiger partial charge in [-0.1, -0.05) is 31.4 Å². The van der Waals surface area contributed by atoms with Crippen LogP contribution in [0.25, 0.3) is 0 Å². The molecule has 3 N–H and O–H groups in total. The quantitative estimate of drug-likeness (QED) is 0.906. The normalized spacial score (nSPS) is 16.6. The minimum Gasteiger partial charge on any atom is -0.439 e. The number of ether oxygens (including phenoxy) is 1. The number of amides is 1. The molecule has 1 fully saturated rings. The van der Waals surface area contributed by atoms with Crippen LogP contribution in [-0.4, -0.2) is 16.4 Å². The monoisotopic (exact) mass is 311 g/mol. The average Bonchev–Trinajstić information content (AvgIpc) is 2.57. The van der Waals surface area contributed by atoms with E-state index >= 15 is 0 Å². The Hall–Kier alpha value is -2.40. The molecule has 1 aliphatic rings. The van der Waals surface area contributed by atoms with Crippen molar-refractivity contribution in [1.29, 1.82) is 0 Å². The maximum atomic E-state index is 12.5. The van der Waals surface area contributed by atoms with E-state index in [4.69, 9.17) is 10.5 Å². The third-order valence-corrected chi connectivity index (χ3v) is 4.15. The Labute approximate surface area is 135 Å². The second-order valence-corrected chi connectivity index (χ2v) is 5.97. The molecule has 1 aliphatic carbocycles. The highest BCUT2D eigenvalue weighted by Crippen LogP contribution is 2.28. The van der Waals surface area contributed by atoms with Crippen LogP contribution in [0.3, 0.4) is 0 Å². The second-order valence-electron chi connectivity index (χ2n) is 5.97. The highest BCUT2D eigenvalue weighted by molar-refractivity contribution is 5.98. The van der Waals surface area contributed by atoms with Gasteiger partial charge < -0.3 is 15.8 Å². The fourth-order valence-corrected chi connectivity index (χ4v) is 2.83. The van der Waals surface area contributed by atoms with Crippen molar-refractivity contribution in [1.82, 2.24) is 4.98 Å². The molecule has 0 saturated heterocycles. The van der Waals surface area contributed by atoms with Crippen molar-refractivity contribution in [2.45, 2.75) is 37.6 Å². The third kappa shape index (κ3) is 3.87. The van der Waals surface area contributed by atoms with Gasteiger partial charge in [0.15, 0.2) is 0 Å². The van der Waals surface area contributed by atoms with Crippen molar-refractivity contribution >= 4 is 11.6 Å². The number of nitrogens with two attached hydrogens (primary N) is 1. The van der Waals surface area contributed by atoms with E-state index in [1.165, 1.54) is 0 Å². The van der Waals surface area contributed by atoms with Gasteiger partial charge in [0, 0.05) is 24.0 Å². The lowest BCUT2D eigenvalue weighted by atomic mass is 9.82. The van der Waals surface area contributed by atoms with Gasteiger partial charge in [-0.05, 0) is 31.0 Å². The molecule has 2 aromatic rings. The lowest BCUT2D eigenvalue weighted by Crippen LogP contribution is -2.52. The van der Waals surface area contributed by atoms with Crippen LogP contribution in [0.4, 0.5) is 5.69 Å². The number of hydrogen-bond donors (Lipinski definition) is 2. The Morgan fingerprint density at radius 3 is 2.70 bits per heavy atom. The molecule has 3 rings (SSSR count). The first kappa shape index (κ1) is 15.5. The summed E-state index contributed by atoms with van der Waals surface area (Å²) in [6.45, 7) is 0. The van der Waals surface area contributed by atoms with E-state index < -0.39 is 5.54 Å². The van der Waals surface area contributed by atoms with E-state index in [-0.39, 0.29) is 5.91 Å². The summed E-state index contributed by atoms with van der Waals surface area (Å²) in [7, 11) is 0. The molecule has 1 amide bonds. The first-order chi connectivity index (χ1) is 11.2. The van der Waals surface area contributed by atoms with Crippen molar-refractivity contribution < 1.29 is 9.53 Å². The number of carbonyl (C=O) groups is 1. The molecule has 0 aliphatic heterocycles. The largest absolute Gasteiger partial charge is 0.439 e. The van der Waals surface area contributed by atoms with Gasteiger partial charge in [-0.15, -0.1) is 0 Å². The Morgan fingerprint density at radius 2 is 1.96 bits per heavy atom. The molecule has 120 valence electrons. The number of pyridine rings is 1. The van der Waals surface area contributed by atoms with E-state index in [0.717, 1.165) is 32.1 Å². The maximum Gasteiger partial charge on any atom is 0.244 e. The summed E-state index contributed by atoms with van der Waals surface area (Å²) in [6.07, 6.45) is 6.31. The molecule has 0 atom stereocenters. The van der Waals surface area contributed by atoms with Gasteiger partial charge in [0.25, 0.3) is 0 Å². The number of aromatic nitrogens is 1. The zero-order valence-electron chi connectivity index (χ0n) is 13.0. The van der Waals surface area contributed by atoms with Gasteiger partial charge in [-0.2, -0.15) is 0 Å². The smallest absolute Gasteiger partial charge is 0.244 e. The van der Waals surface area contributed by atoms with Crippen LogP contribution < -0.4 is 15.8 Å². The number of carbonyl (C=O) groups excluding carboxylic acids is 1. The second kappa shape index (κ2) is 6.79. The molecule has 1 saturated carbocycles. The summed E-state index contributed by atoms with van der Waals surface area (Å²) in [6, 6.07) is 12.7. The van der Waals surface area contributed by atoms with Gasteiger partial charge in [-0.25, -0.2) is 4.98 Å². The topological polar surface area (TPSA) is 77.2 Å². The molecule has 0 radical (unpaired) electrons. The Kier molecular flexibility index (Phi) is 4.57. The van der Waals surface area contributed by atoms with Crippen molar-refractivity contribution in [2.75, 3.05) is 5.32 Å². The van der Waals surface area contributed by atoms with Gasteiger partial charge in [0.2, 0.25) is 11.8 Å². The van der Waals surface area contributed by atoms with Crippen molar-refractivity contribution in [3.8, 4) is 11.6 Å². The SMILES string of the molecule is NC1(C(=O)Nc2cccc(Oc3ccccn3)c2)CCCCC1. The molecular formula is C18H21N3O2. The van der Waals surface area contributed by atoms with Crippen LogP contribution in [0.5, 0.6) is 11.6 Å². The zero-order chi connectivity index (χ0) is 16.1. The van der Waals surface area contributed by atoms with Gasteiger partial charge in [0.1, 0.15) is 5.75 Å². The fourth-order valence-electron chi connectivity index (χ4n) is 2.83. The Balaban J connectivity index is 1.69. The predicted octanol–water partition coefficient (Wildman–Crippen LogP) is 3.47. The number of nitrogens with zero attached hydrogens (tertiary/aromatic N) is 1.